The molecule has 66 heavy (non-hydrogen) atoms. The van der Waals surface area contributed by atoms with E-state index in [0.717, 1.165) is 24.2 Å². The Kier molecular flexibility index (Phi) is 9.02. The van der Waals surface area contributed by atoms with Crippen molar-refractivity contribution in [2.45, 2.75) is 12.8 Å². The Labute approximate surface area is 385 Å². The zero-order chi connectivity index (χ0) is 43.6. The Bertz CT molecular complexity index is 3330. The van der Waals surface area contributed by atoms with Gasteiger partial charge in [0.15, 0.2) is 0 Å². The molecule has 310 valence electrons. The number of hydrogen-bond donors (Lipinski definition) is 0. The summed E-state index contributed by atoms with van der Waals surface area (Å²) in [6, 6.07) is 89.9. The van der Waals surface area contributed by atoms with Gasteiger partial charge in [0.2, 0.25) is 0 Å². The molecular weight excluding hydrogens is 797 g/mol. The minimum atomic E-state index is 0.912. The van der Waals surface area contributed by atoms with Crippen LogP contribution in [0.5, 0.6) is 0 Å². The molecule has 13 rings (SSSR count). The molecule has 2 heteroatoms. The molecule has 2 aliphatic heterocycles. The molecule has 0 saturated carbocycles. The van der Waals surface area contributed by atoms with Crippen LogP contribution in [0.1, 0.15) is 22.3 Å². The molecule has 0 N–H and O–H groups in total. The fourth-order valence-electron chi connectivity index (χ4n) is 10.8. The molecule has 0 bridgehead atoms. The average molecular weight is 841 g/mol. The number of para-hydroxylation sites is 4. The van der Waals surface area contributed by atoms with E-state index in [9.17, 15) is 0 Å². The van der Waals surface area contributed by atoms with Crippen LogP contribution in [0.15, 0.2) is 243 Å². The second kappa shape index (κ2) is 15.7. The number of anilines is 6. The lowest BCUT2D eigenvalue weighted by molar-refractivity contribution is 1.09. The van der Waals surface area contributed by atoms with Crippen molar-refractivity contribution in [1.82, 2.24) is 0 Å². The van der Waals surface area contributed by atoms with Crippen molar-refractivity contribution in [3.05, 3.63) is 265 Å². The van der Waals surface area contributed by atoms with Gasteiger partial charge in [0.05, 0.1) is 0 Å². The smallest absolute Gasteiger partial charge is 0.0497 e. The van der Waals surface area contributed by atoms with Gasteiger partial charge in [-0.3, -0.25) is 0 Å². The van der Waals surface area contributed by atoms with E-state index in [1.54, 1.807) is 0 Å². The molecule has 2 heterocycles. The molecule has 11 aromatic rings. The Morgan fingerprint density at radius 3 is 0.924 bits per heavy atom. The second-order valence-electron chi connectivity index (χ2n) is 17.6. The molecule has 0 atom stereocenters. The largest absolute Gasteiger partial charge is 0.310 e. The quantitative estimate of drug-likeness (QED) is 0.154. The van der Waals surface area contributed by atoms with E-state index in [4.69, 9.17) is 0 Å². The first kappa shape index (κ1) is 38.0. The van der Waals surface area contributed by atoms with E-state index in [-0.39, 0.29) is 0 Å². The van der Waals surface area contributed by atoms with Gasteiger partial charge in [-0.2, -0.15) is 0 Å². The van der Waals surface area contributed by atoms with E-state index in [1.807, 2.05) is 0 Å². The average Bonchev–Trinajstić information content (AvgIpc) is 3.39. The van der Waals surface area contributed by atoms with Crippen molar-refractivity contribution in [3.63, 3.8) is 0 Å². The summed E-state index contributed by atoms with van der Waals surface area (Å²) < 4.78 is 0. The summed E-state index contributed by atoms with van der Waals surface area (Å²) in [7, 11) is 0. The molecule has 0 aliphatic carbocycles. The maximum atomic E-state index is 2.48. The monoisotopic (exact) mass is 840 g/mol. The predicted octanol–water partition coefficient (Wildman–Crippen LogP) is 17.4. The highest BCUT2D eigenvalue weighted by molar-refractivity contribution is 6.23. The number of benzene rings is 11. The fourth-order valence-corrected chi connectivity index (χ4v) is 10.8. The van der Waals surface area contributed by atoms with Crippen LogP contribution in [0.3, 0.4) is 0 Å². The number of fused-ring (bicyclic) bond motifs is 6. The lowest BCUT2D eigenvalue weighted by Crippen LogP contribution is -2.18. The van der Waals surface area contributed by atoms with Crippen LogP contribution >= 0.6 is 0 Å². The Balaban J connectivity index is 1.14. The molecule has 0 fully saturated rings. The summed E-state index contributed by atoms with van der Waals surface area (Å²) in [6.45, 7) is 0. The van der Waals surface area contributed by atoms with Gasteiger partial charge in [0.1, 0.15) is 0 Å². The van der Waals surface area contributed by atoms with Crippen molar-refractivity contribution in [2.75, 3.05) is 9.80 Å². The lowest BCUT2D eigenvalue weighted by atomic mass is 9.84. The molecule has 0 spiro atoms. The van der Waals surface area contributed by atoms with Crippen LogP contribution in [0, 0.1) is 0 Å². The number of hydrogen-bond acceptors (Lipinski definition) is 2. The van der Waals surface area contributed by atoms with Gasteiger partial charge >= 0.3 is 0 Å². The first-order valence-electron chi connectivity index (χ1n) is 23.0. The normalized spacial score (nSPS) is 12.7. The van der Waals surface area contributed by atoms with Crippen LogP contribution in [0.25, 0.3) is 66.1 Å². The van der Waals surface area contributed by atoms with Crippen LogP contribution in [-0.2, 0) is 12.8 Å². The van der Waals surface area contributed by atoms with Crippen LogP contribution in [-0.4, -0.2) is 0 Å². The first-order valence-corrected chi connectivity index (χ1v) is 23.0. The van der Waals surface area contributed by atoms with E-state index in [0.29, 0.717) is 0 Å². The molecular formula is C64H44N2. The third kappa shape index (κ3) is 6.33. The number of nitrogens with zero attached hydrogens (tertiary/aromatic N) is 2. The van der Waals surface area contributed by atoms with Gasteiger partial charge in [0, 0.05) is 47.0 Å². The summed E-state index contributed by atoms with van der Waals surface area (Å²) in [5.41, 5.74) is 22.2. The summed E-state index contributed by atoms with van der Waals surface area (Å²) in [6.07, 6.45) is 1.82. The third-order valence-electron chi connectivity index (χ3n) is 13.8. The summed E-state index contributed by atoms with van der Waals surface area (Å²) in [5, 5.41) is 4.86. The third-order valence-corrected chi connectivity index (χ3v) is 13.8. The molecule has 0 radical (unpaired) electrons. The van der Waals surface area contributed by atoms with Crippen molar-refractivity contribution < 1.29 is 0 Å². The van der Waals surface area contributed by atoms with E-state index >= 15 is 0 Å². The molecule has 0 aromatic heterocycles. The Morgan fingerprint density at radius 2 is 0.545 bits per heavy atom. The highest BCUT2D eigenvalue weighted by Gasteiger charge is 2.28. The lowest BCUT2D eigenvalue weighted by Gasteiger charge is -2.34. The van der Waals surface area contributed by atoms with Crippen molar-refractivity contribution >= 4 is 55.7 Å². The molecule has 0 amide bonds. The molecule has 0 unspecified atom stereocenters. The second-order valence-corrected chi connectivity index (χ2v) is 17.6. The van der Waals surface area contributed by atoms with Gasteiger partial charge in [0.25, 0.3) is 0 Å². The van der Waals surface area contributed by atoms with Crippen LogP contribution in [0.2, 0.25) is 0 Å². The molecule has 0 saturated heterocycles. The van der Waals surface area contributed by atoms with Crippen LogP contribution < -0.4 is 9.80 Å². The molecule has 2 aliphatic rings. The maximum Gasteiger partial charge on any atom is 0.0497 e. The highest BCUT2D eigenvalue weighted by Crippen LogP contribution is 2.51. The molecule has 2 nitrogen and oxygen atoms in total. The van der Waals surface area contributed by atoms with Gasteiger partial charge < -0.3 is 9.80 Å². The standard InChI is InChI=1S/C64H44N2/c1-3-17-43(18-4-1)45-25-15-27-51(37-45)63-55-35-33-54(66-61-31-13-9-23-49(61)40-50-24-10-14-32-62(50)66)42-58(55)64(52-28-16-26-46(38-52)44-19-5-2-6-20-44)56-36-34-53(41-57(56)63)65-59-29-11-7-21-47(59)39-48-22-8-12-30-60(48)65/h1-38,41-42H,39-40H2. The zero-order valence-corrected chi connectivity index (χ0v) is 36.4. The van der Waals surface area contributed by atoms with Crippen LogP contribution in [0.4, 0.5) is 34.1 Å². The van der Waals surface area contributed by atoms with Gasteiger partial charge in [-0.1, -0.05) is 182 Å². The maximum absolute atomic E-state index is 2.48. The SMILES string of the molecule is c1ccc(-c2cccc(-c3c4ccc(N5c6ccccc6Cc6ccccc65)cc4c(-c4cccc(-c5ccccc5)c4)c4ccc(N5c6ccccc6Cc6ccccc65)cc34)c2)cc1. The van der Waals surface area contributed by atoms with E-state index < -0.39 is 0 Å². The highest BCUT2D eigenvalue weighted by atomic mass is 15.2. The van der Waals surface area contributed by atoms with Gasteiger partial charge in [-0.05, 0) is 149 Å². The van der Waals surface area contributed by atoms with E-state index in [2.05, 4.69) is 252 Å². The van der Waals surface area contributed by atoms with Gasteiger partial charge in [-0.15, -0.1) is 0 Å². The van der Waals surface area contributed by atoms with Crippen molar-refractivity contribution in [3.8, 4) is 44.5 Å². The van der Waals surface area contributed by atoms with Crippen molar-refractivity contribution in [1.29, 1.82) is 0 Å². The summed E-state index contributed by atoms with van der Waals surface area (Å²) >= 11 is 0. The minimum absolute atomic E-state index is 0.912. The van der Waals surface area contributed by atoms with Crippen molar-refractivity contribution in [2.24, 2.45) is 0 Å². The topological polar surface area (TPSA) is 6.48 Å². The van der Waals surface area contributed by atoms with E-state index in [1.165, 1.54) is 111 Å². The summed E-state index contributed by atoms with van der Waals surface area (Å²) in [4.78, 5) is 4.96. The zero-order valence-electron chi connectivity index (χ0n) is 36.4. The fraction of sp³-hybridized carbons (Fsp3) is 0.0312. The number of rotatable bonds is 6. The predicted molar refractivity (Wildman–Crippen MR) is 278 cm³/mol. The van der Waals surface area contributed by atoms with Gasteiger partial charge in [-0.25, -0.2) is 0 Å². The first-order chi connectivity index (χ1) is 32.7. The molecule has 11 aromatic carbocycles. The Hall–Kier alpha value is -8.46. The Morgan fingerprint density at radius 1 is 0.227 bits per heavy atom. The summed E-state index contributed by atoms with van der Waals surface area (Å²) in [5.74, 6) is 0. The minimum Gasteiger partial charge on any atom is -0.310 e.